The van der Waals surface area contributed by atoms with E-state index in [1.807, 2.05) is 26.0 Å². The Balaban J connectivity index is 1.90. The van der Waals surface area contributed by atoms with Crippen LogP contribution >= 0.6 is 23.2 Å². The topological polar surface area (TPSA) is 57.9 Å². The maximum Gasteiger partial charge on any atom is 0.235 e. The Hall–Kier alpha value is -3.15. The lowest BCUT2D eigenvalue weighted by atomic mass is 10.0. The van der Waals surface area contributed by atoms with Crippen LogP contribution in [0.3, 0.4) is 0 Å². The van der Waals surface area contributed by atoms with Gasteiger partial charge in [0.05, 0.1) is 29.7 Å². The fourth-order valence-electron chi connectivity index (χ4n) is 3.76. The number of ether oxygens (including phenoxy) is 3. The molecule has 0 radical (unpaired) electrons. The van der Waals surface area contributed by atoms with Crippen molar-refractivity contribution in [1.29, 1.82) is 0 Å². The summed E-state index contributed by atoms with van der Waals surface area (Å²) in [4.78, 5) is 13.6. The molecule has 0 amide bonds. The Labute approximate surface area is 201 Å². The molecule has 4 aromatic rings. The average molecular weight is 485 g/mol. The standard InChI is InChI=1S/C26H22Cl2O5/c1-14-9-15(2)23-22(10-14)33-25(17-6-8-20(30-3)21(12-17)31-4)26(24(23)29)32-13-16-5-7-18(27)19(28)11-16/h5-12H,13H2,1-4H3. The summed E-state index contributed by atoms with van der Waals surface area (Å²) >= 11 is 12.2. The minimum atomic E-state index is -0.251. The molecule has 0 bridgehead atoms. The molecule has 0 aliphatic rings. The smallest absolute Gasteiger partial charge is 0.235 e. The highest BCUT2D eigenvalue weighted by atomic mass is 35.5. The summed E-state index contributed by atoms with van der Waals surface area (Å²) < 4.78 is 23.1. The van der Waals surface area contributed by atoms with Crippen LogP contribution in [-0.2, 0) is 6.61 Å². The lowest BCUT2D eigenvalue weighted by Crippen LogP contribution is -2.11. The summed E-state index contributed by atoms with van der Waals surface area (Å²) in [5.74, 6) is 1.48. The summed E-state index contributed by atoms with van der Waals surface area (Å²) in [5, 5.41) is 1.34. The second-order valence-electron chi connectivity index (χ2n) is 7.65. The van der Waals surface area contributed by atoms with Gasteiger partial charge in [-0.2, -0.15) is 0 Å². The van der Waals surface area contributed by atoms with Crippen LogP contribution in [0.15, 0.2) is 57.7 Å². The van der Waals surface area contributed by atoms with Crippen molar-refractivity contribution in [2.75, 3.05) is 14.2 Å². The molecule has 0 N–H and O–H groups in total. The molecule has 0 fully saturated rings. The zero-order valence-electron chi connectivity index (χ0n) is 18.6. The molecule has 0 atom stereocenters. The van der Waals surface area contributed by atoms with Crippen molar-refractivity contribution >= 4 is 34.2 Å². The van der Waals surface area contributed by atoms with Gasteiger partial charge in [-0.3, -0.25) is 4.79 Å². The van der Waals surface area contributed by atoms with Crippen LogP contribution in [0.25, 0.3) is 22.3 Å². The quantitative estimate of drug-likeness (QED) is 0.295. The summed E-state index contributed by atoms with van der Waals surface area (Å²) in [6.07, 6.45) is 0. The maximum atomic E-state index is 13.6. The Bertz CT molecular complexity index is 1410. The first kappa shape index (κ1) is 23.0. The largest absolute Gasteiger partial charge is 0.493 e. The molecule has 7 heteroatoms. The third-order valence-corrected chi connectivity index (χ3v) is 6.05. The second kappa shape index (κ2) is 9.38. The fourth-order valence-corrected chi connectivity index (χ4v) is 4.08. The van der Waals surface area contributed by atoms with Gasteiger partial charge in [-0.05, 0) is 66.9 Å². The Kier molecular flexibility index (Phi) is 6.54. The van der Waals surface area contributed by atoms with Gasteiger partial charge >= 0.3 is 0 Å². The van der Waals surface area contributed by atoms with Gasteiger partial charge in [-0.25, -0.2) is 0 Å². The van der Waals surface area contributed by atoms with E-state index in [0.29, 0.717) is 43.8 Å². The molecule has 1 aromatic heterocycles. The first-order chi connectivity index (χ1) is 15.8. The predicted molar refractivity (Wildman–Crippen MR) is 131 cm³/mol. The molecule has 0 aliphatic carbocycles. The summed E-state index contributed by atoms with van der Waals surface area (Å²) in [6, 6.07) is 14.3. The molecule has 3 aromatic carbocycles. The first-order valence-electron chi connectivity index (χ1n) is 10.2. The molecular formula is C26H22Cl2O5. The SMILES string of the molecule is COc1ccc(-c2oc3cc(C)cc(C)c3c(=O)c2OCc2ccc(Cl)c(Cl)c2)cc1OC. The van der Waals surface area contributed by atoms with Crippen molar-refractivity contribution in [3.63, 3.8) is 0 Å². The lowest BCUT2D eigenvalue weighted by Gasteiger charge is -2.15. The van der Waals surface area contributed by atoms with E-state index in [0.717, 1.165) is 16.7 Å². The van der Waals surface area contributed by atoms with Crippen LogP contribution in [0.2, 0.25) is 10.0 Å². The molecule has 5 nitrogen and oxygen atoms in total. The molecular weight excluding hydrogens is 463 g/mol. The molecule has 0 aliphatic heterocycles. The molecule has 1 heterocycles. The zero-order chi connectivity index (χ0) is 23.7. The van der Waals surface area contributed by atoms with Gasteiger partial charge < -0.3 is 18.6 Å². The summed E-state index contributed by atoms with van der Waals surface area (Å²) in [7, 11) is 3.11. The highest BCUT2D eigenvalue weighted by Crippen LogP contribution is 2.37. The summed E-state index contributed by atoms with van der Waals surface area (Å²) in [6.45, 7) is 3.95. The van der Waals surface area contributed by atoms with E-state index in [4.69, 9.17) is 41.8 Å². The first-order valence-corrected chi connectivity index (χ1v) is 10.9. The number of fused-ring (bicyclic) bond motifs is 1. The number of rotatable bonds is 6. The van der Waals surface area contributed by atoms with Gasteiger partial charge in [0.2, 0.25) is 11.2 Å². The fraction of sp³-hybridized carbons (Fsp3) is 0.192. The monoisotopic (exact) mass is 484 g/mol. The van der Waals surface area contributed by atoms with Gasteiger partial charge in [0.15, 0.2) is 17.3 Å². The Morgan fingerprint density at radius 1 is 0.879 bits per heavy atom. The Morgan fingerprint density at radius 3 is 2.33 bits per heavy atom. The predicted octanol–water partition coefficient (Wildman–Crippen LogP) is 6.98. The highest BCUT2D eigenvalue weighted by molar-refractivity contribution is 6.42. The Morgan fingerprint density at radius 2 is 1.64 bits per heavy atom. The van der Waals surface area contributed by atoms with Crippen molar-refractivity contribution < 1.29 is 18.6 Å². The van der Waals surface area contributed by atoms with E-state index in [-0.39, 0.29) is 17.8 Å². The number of halogens is 2. The van der Waals surface area contributed by atoms with Gasteiger partial charge in [0.1, 0.15) is 12.2 Å². The molecule has 0 saturated heterocycles. The average Bonchev–Trinajstić information content (AvgIpc) is 2.79. The zero-order valence-corrected chi connectivity index (χ0v) is 20.1. The number of hydrogen-bond acceptors (Lipinski definition) is 5. The third-order valence-electron chi connectivity index (χ3n) is 5.31. The molecule has 170 valence electrons. The molecule has 33 heavy (non-hydrogen) atoms. The van der Waals surface area contributed by atoms with Crippen LogP contribution in [0, 0.1) is 13.8 Å². The third kappa shape index (κ3) is 4.52. The highest BCUT2D eigenvalue weighted by Gasteiger charge is 2.21. The number of methoxy groups -OCH3 is 2. The van der Waals surface area contributed by atoms with Gasteiger partial charge in [-0.1, -0.05) is 35.3 Å². The number of aryl methyl sites for hydroxylation is 2. The van der Waals surface area contributed by atoms with Crippen LogP contribution in [0.1, 0.15) is 16.7 Å². The minimum absolute atomic E-state index is 0.104. The van der Waals surface area contributed by atoms with Crippen LogP contribution in [0.4, 0.5) is 0 Å². The normalized spacial score (nSPS) is 11.0. The van der Waals surface area contributed by atoms with Gasteiger partial charge in [0, 0.05) is 5.56 Å². The van der Waals surface area contributed by atoms with Crippen LogP contribution in [0.5, 0.6) is 17.2 Å². The van der Waals surface area contributed by atoms with Crippen LogP contribution in [-0.4, -0.2) is 14.2 Å². The van der Waals surface area contributed by atoms with E-state index < -0.39 is 0 Å². The van der Waals surface area contributed by atoms with Crippen LogP contribution < -0.4 is 19.6 Å². The van der Waals surface area contributed by atoms with Crippen molar-refractivity contribution in [2.45, 2.75) is 20.5 Å². The molecule has 0 spiro atoms. The van der Waals surface area contributed by atoms with Gasteiger partial charge in [-0.15, -0.1) is 0 Å². The molecule has 0 unspecified atom stereocenters. The minimum Gasteiger partial charge on any atom is -0.493 e. The van der Waals surface area contributed by atoms with Crippen molar-refractivity contribution in [3.8, 4) is 28.6 Å². The van der Waals surface area contributed by atoms with E-state index in [1.165, 1.54) is 0 Å². The van der Waals surface area contributed by atoms with Crippen molar-refractivity contribution in [2.24, 2.45) is 0 Å². The lowest BCUT2D eigenvalue weighted by molar-refractivity contribution is 0.298. The van der Waals surface area contributed by atoms with E-state index in [9.17, 15) is 4.79 Å². The van der Waals surface area contributed by atoms with E-state index in [2.05, 4.69) is 0 Å². The van der Waals surface area contributed by atoms with Crippen molar-refractivity contribution in [3.05, 3.63) is 85.5 Å². The van der Waals surface area contributed by atoms with Gasteiger partial charge in [0.25, 0.3) is 0 Å². The van der Waals surface area contributed by atoms with E-state index >= 15 is 0 Å². The number of hydrogen-bond donors (Lipinski definition) is 0. The maximum absolute atomic E-state index is 13.6. The number of benzene rings is 3. The molecule has 0 saturated carbocycles. The second-order valence-corrected chi connectivity index (χ2v) is 8.47. The van der Waals surface area contributed by atoms with E-state index in [1.54, 1.807) is 50.6 Å². The molecule has 4 rings (SSSR count). The van der Waals surface area contributed by atoms with Crippen molar-refractivity contribution in [1.82, 2.24) is 0 Å². The summed E-state index contributed by atoms with van der Waals surface area (Å²) in [5.41, 5.74) is 3.43.